The summed E-state index contributed by atoms with van der Waals surface area (Å²) in [5.41, 5.74) is 1.90. The molecule has 0 bridgehead atoms. The number of nitro benzene ring substituents is 1. The number of alkyl halides is 3. The van der Waals surface area contributed by atoms with Crippen LogP contribution >= 0.6 is 34.8 Å². The highest BCUT2D eigenvalue weighted by Gasteiger charge is 2.39. The molecule has 5 nitrogen and oxygen atoms in total. The average Bonchev–Trinajstić information content (AvgIpc) is 2.77. The third kappa shape index (κ3) is 3.91. The highest BCUT2D eigenvalue weighted by Crippen LogP contribution is 2.43. The molecule has 9 heteroatoms. The van der Waals surface area contributed by atoms with Gasteiger partial charge in [0.05, 0.1) is 10.6 Å². The Balaban J connectivity index is 2.31. The Morgan fingerprint density at radius 2 is 1.93 bits per heavy atom. The zero-order chi connectivity index (χ0) is 21.0. The molecule has 0 saturated carbocycles. The number of aromatic nitrogens is 1. The number of halogens is 4. The van der Waals surface area contributed by atoms with Crippen LogP contribution in [0.5, 0.6) is 0 Å². The SMILES string of the molecule is Cc1c(CC(Cl)(Cl)Cl)c2c(n1-c1ccc(F)c([N+](=O)[O-])c1)CC(C)(C)CC2=O. The van der Waals surface area contributed by atoms with E-state index in [0.29, 0.717) is 41.0 Å². The van der Waals surface area contributed by atoms with Crippen LogP contribution < -0.4 is 0 Å². The van der Waals surface area contributed by atoms with E-state index in [-0.39, 0.29) is 17.6 Å². The minimum atomic E-state index is -1.60. The summed E-state index contributed by atoms with van der Waals surface area (Å²) in [7, 11) is 0. The molecule has 0 spiro atoms. The lowest BCUT2D eigenvalue weighted by molar-refractivity contribution is -0.387. The Kier molecular flexibility index (Phi) is 5.28. The van der Waals surface area contributed by atoms with E-state index in [4.69, 9.17) is 34.8 Å². The maximum absolute atomic E-state index is 13.8. The summed E-state index contributed by atoms with van der Waals surface area (Å²) in [4.78, 5) is 23.3. The number of nitrogens with zero attached hydrogens (tertiary/aromatic N) is 2. The molecule has 1 aromatic carbocycles. The Labute approximate surface area is 176 Å². The molecule has 0 atom stereocenters. The average molecular weight is 448 g/mol. The van der Waals surface area contributed by atoms with Crippen LogP contribution in [0.15, 0.2) is 18.2 Å². The molecule has 0 amide bonds. The molecule has 0 saturated heterocycles. The van der Waals surface area contributed by atoms with E-state index in [9.17, 15) is 19.3 Å². The molecule has 3 rings (SSSR count). The van der Waals surface area contributed by atoms with Crippen molar-refractivity contribution >= 4 is 46.3 Å². The minimum absolute atomic E-state index is 0.0221. The Bertz CT molecular complexity index is 993. The summed E-state index contributed by atoms with van der Waals surface area (Å²) >= 11 is 18.0. The second-order valence-corrected chi connectivity index (χ2v) is 10.4. The highest BCUT2D eigenvalue weighted by molar-refractivity contribution is 6.67. The summed E-state index contributed by atoms with van der Waals surface area (Å²) in [6.45, 7) is 5.71. The van der Waals surface area contributed by atoms with Crippen LogP contribution in [0.3, 0.4) is 0 Å². The molecule has 0 radical (unpaired) electrons. The molecule has 0 N–H and O–H groups in total. The lowest BCUT2D eigenvalue weighted by Crippen LogP contribution is -2.28. The topological polar surface area (TPSA) is 65.1 Å². The number of hydrogen-bond donors (Lipinski definition) is 0. The lowest BCUT2D eigenvalue weighted by atomic mass is 9.75. The van der Waals surface area contributed by atoms with Gasteiger partial charge in [0, 0.05) is 35.9 Å². The molecule has 0 unspecified atom stereocenters. The highest BCUT2D eigenvalue weighted by atomic mass is 35.6. The van der Waals surface area contributed by atoms with Crippen LogP contribution in [0.25, 0.3) is 5.69 Å². The summed E-state index contributed by atoms with van der Waals surface area (Å²) in [5, 5.41) is 11.2. The van der Waals surface area contributed by atoms with E-state index in [0.717, 1.165) is 12.1 Å². The van der Waals surface area contributed by atoms with E-state index in [1.807, 2.05) is 13.8 Å². The summed E-state index contributed by atoms with van der Waals surface area (Å²) in [6.07, 6.45) is 0.925. The fourth-order valence-electron chi connectivity index (χ4n) is 3.89. The standard InChI is InChI=1S/C19H18Cl3FN2O3/c1-10-12(7-19(20,21)22)17-15(8-18(2,3)9-16(17)26)24(10)11-4-5-13(23)14(6-11)25(27)28/h4-6H,7-9H2,1-3H3. The van der Waals surface area contributed by atoms with Crippen LogP contribution in [0.4, 0.5) is 10.1 Å². The molecule has 1 aliphatic rings. The third-order valence-corrected chi connectivity index (χ3v) is 5.36. The first-order chi connectivity index (χ1) is 12.8. The van der Waals surface area contributed by atoms with Crippen molar-refractivity contribution in [2.45, 2.75) is 43.8 Å². The second-order valence-electron chi connectivity index (χ2n) is 7.85. The maximum atomic E-state index is 13.8. The minimum Gasteiger partial charge on any atom is -0.317 e. The Morgan fingerprint density at radius 3 is 2.50 bits per heavy atom. The van der Waals surface area contributed by atoms with Gasteiger partial charge in [-0.25, -0.2) is 0 Å². The van der Waals surface area contributed by atoms with Gasteiger partial charge >= 0.3 is 5.69 Å². The number of fused-ring (bicyclic) bond motifs is 1. The number of benzene rings is 1. The molecule has 1 heterocycles. The van der Waals surface area contributed by atoms with Crippen molar-refractivity contribution in [3.05, 3.63) is 56.6 Å². The maximum Gasteiger partial charge on any atom is 0.306 e. The first-order valence-corrected chi connectivity index (χ1v) is 9.71. The predicted octanol–water partition coefficient (Wildman–Crippen LogP) is 5.90. The molecule has 1 aliphatic carbocycles. The molecule has 150 valence electrons. The molecule has 1 aromatic heterocycles. The van der Waals surface area contributed by atoms with Crippen molar-refractivity contribution in [2.75, 3.05) is 0 Å². The monoisotopic (exact) mass is 446 g/mol. The number of carbonyl (C=O) groups is 1. The van der Waals surface area contributed by atoms with Crippen LogP contribution in [-0.4, -0.2) is 19.1 Å². The van der Waals surface area contributed by atoms with Gasteiger partial charge in [-0.15, -0.1) is 0 Å². The quantitative estimate of drug-likeness (QED) is 0.334. The zero-order valence-electron chi connectivity index (χ0n) is 15.5. The van der Waals surface area contributed by atoms with Gasteiger partial charge in [-0.2, -0.15) is 4.39 Å². The predicted molar refractivity (Wildman–Crippen MR) is 108 cm³/mol. The van der Waals surface area contributed by atoms with E-state index in [2.05, 4.69) is 0 Å². The Morgan fingerprint density at radius 1 is 1.29 bits per heavy atom. The number of rotatable bonds is 3. The van der Waals surface area contributed by atoms with Crippen molar-refractivity contribution in [1.82, 2.24) is 4.57 Å². The van der Waals surface area contributed by atoms with E-state index in [1.165, 1.54) is 6.07 Å². The first kappa shape index (κ1) is 21.1. The number of nitro groups is 1. The zero-order valence-corrected chi connectivity index (χ0v) is 17.8. The fourth-order valence-corrected chi connectivity index (χ4v) is 4.29. The normalized spacial score (nSPS) is 16.2. The van der Waals surface area contributed by atoms with Gasteiger partial charge in [-0.1, -0.05) is 48.7 Å². The van der Waals surface area contributed by atoms with Crippen molar-refractivity contribution < 1.29 is 14.1 Å². The lowest BCUT2D eigenvalue weighted by Gasteiger charge is -2.30. The van der Waals surface area contributed by atoms with Gasteiger partial charge < -0.3 is 4.57 Å². The van der Waals surface area contributed by atoms with Gasteiger partial charge in [-0.3, -0.25) is 14.9 Å². The van der Waals surface area contributed by atoms with E-state index in [1.54, 1.807) is 11.5 Å². The first-order valence-electron chi connectivity index (χ1n) is 8.58. The molecule has 0 aliphatic heterocycles. The van der Waals surface area contributed by atoms with E-state index < -0.39 is 20.2 Å². The number of carbonyl (C=O) groups excluding carboxylic acids is 1. The summed E-state index contributed by atoms with van der Waals surface area (Å²) in [5.74, 6) is -0.987. The van der Waals surface area contributed by atoms with Crippen molar-refractivity contribution in [3.8, 4) is 5.69 Å². The van der Waals surface area contributed by atoms with Gasteiger partial charge in [-0.05, 0) is 36.5 Å². The van der Waals surface area contributed by atoms with Gasteiger partial charge in [0.25, 0.3) is 0 Å². The van der Waals surface area contributed by atoms with Gasteiger partial charge in [0.2, 0.25) is 5.82 Å². The molecule has 0 fully saturated rings. The van der Waals surface area contributed by atoms with Crippen LogP contribution in [0.1, 0.15) is 47.6 Å². The second kappa shape index (κ2) is 7.01. The van der Waals surface area contributed by atoms with Gasteiger partial charge in [0.15, 0.2) is 9.58 Å². The molecule has 28 heavy (non-hydrogen) atoms. The van der Waals surface area contributed by atoms with E-state index >= 15 is 0 Å². The molecule has 2 aromatic rings. The largest absolute Gasteiger partial charge is 0.317 e. The van der Waals surface area contributed by atoms with Crippen molar-refractivity contribution in [2.24, 2.45) is 5.41 Å². The summed E-state index contributed by atoms with van der Waals surface area (Å²) < 4.78 is 14.0. The fraction of sp³-hybridized carbons (Fsp3) is 0.421. The van der Waals surface area contributed by atoms with Crippen LogP contribution in [-0.2, 0) is 12.8 Å². The van der Waals surface area contributed by atoms with Crippen molar-refractivity contribution in [1.29, 1.82) is 0 Å². The van der Waals surface area contributed by atoms with Gasteiger partial charge in [0.1, 0.15) is 0 Å². The van der Waals surface area contributed by atoms with Crippen LogP contribution in [0.2, 0.25) is 0 Å². The number of hydrogen-bond acceptors (Lipinski definition) is 3. The smallest absolute Gasteiger partial charge is 0.306 e. The van der Waals surface area contributed by atoms with Crippen molar-refractivity contribution in [3.63, 3.8) is 0 Å². The number of Topliss-reactive ketones (excluding diaryl/α,β-unsaturated/α-hetero) is 1. The third-order valence-electron chi connectivity index (χ3n) is 4.96. The van der Waals surface area contributed by atoms with Crippen LogP contribution in [0, 0.1) is 28.3 Å². The Hall–Kier alpha value is -1.63. The molecular formula is C19H18Cl3FN2O3. The molecular weight excluding hydrogens is 430 g/mol. The number of ketones is 1. The summed E-state index contributed by atoms with van der Waals surface area (Å²) in [6, 6.07) is 3.65.